The van der Waals surface area contributed by atoms with Gasteiger partial charge < -0.3 is 9.32 Å². The molecule has 2 aromatic carbocycles. The summed E-state index contributed by atoms with van der Waals surface area (Å²) in [4.78, 5) is 21.3. The lowest BCUT2D eigenvalue weighted by molar-refractivity contribution is -0.122. The number of amides is 1. The molecule has 2 atom stereocenters. The van der Waals surface area contributed by atoms with E-state index in [0.29, 0.717) is 17.5 Å². The van der Waals surface area contributed by atoms with E-state index in [1.165, 1.54) is 0 Å². The molecule has 134 valence electrons. The first kappa shape index (κ1) is 17.1. The van der Waals surface area contributed by atoms with E-state index in [9.17, 15) is 4.79 Å². The molecule has 0 radical (unpaired) electrons. The number of hydrogen-bond donors (Lipinski definition) is 0. The Kier molecular flexibility index (Phi) is 4.42. The van der Waals surface area contributed by atoms with E-state index in [2.05, 4.69) is 4.98 Å². The Balaban J connectivity index is 1.55. The number of carbonyl (C=O) groups excluding carboxylic acids is 1. The van der Waals surface area contributed by atoms with Crippen LogP contribution in [-0.2, 0) is 4.79 Å². The second kappa shape index (κ2) is 6.74. The van der Waals surface area contributed by atoms with Crippen LogP contribution in [0.1, 0.15) is 25.3 Å². The Hall–Kier alpha value is -2.37. The van der Waals surface area contributed by atoms with Gasteiger partial charge in [-0.15, -0.1) is 0 Å². The first-order chi connectivity index (χ1) is 12.6. The molecule has 5 nitrogen and oxygen atoms in total. The van der Waals surface area contributed by atoms with Crippen LogP contribution in [0.25, 0.3) is 11.1 Å². The van der Waals surface area contributed by atoms with Gasteiger partial charge in [-0.1, -0.05) is 35.9 Å². The van der Waals surface area contributed by atoms with Crippen molar-refractivity contribution in [2.45, 2.75) is 25.4 Å². The van der Waals surface area contributed by atoms with Crippen LogP contribution < -0.4 is 4.90 Å². The summed E-state index contributed by atoms with van der Waals surface area (Å²) in [6, 6.07) is 14.8. The normalized spacial score (nSPS) is 18.8. The van der Waals surface area contributed by atoms with Gasteiger partial charge in [0.1, 0.15) is 5.52 Å². The molecule has 1 aliphatic rings. The molecule has 1 aliphatic heterocycles. The van der Waals surface area contributed by atoms with E-state index in [0.717, 1.165) is 23.2 Å². The Labute approximate surface area is 157 Å². The number of halogens is 1. The average molecular weight is 370 g/mol. The zero-order valence-electron chi connectivity index (χ0n) is 14.7. The fraction of sp³-hybridized carbons (Fsp3) is 0.300. The van der Waals surface area contributed by atoms with Crippen molar-refractivity contribution in [2.75, 3.05) is 18.5 Å². The number of nitrogens with zero attached hydrogens (tertiary/aromatic N) is 3. The van der Waals surface area contributed by atoms with Crippen molar-refractivity contribution in [3.8, 4) is 0 Å². The molecule has 0 N–H and O–H groups in total. The number of rotatable bonds is 4. The summed E-state index contributed by atoms with van der Waals surface area (Å²) < 4.78 is 5.88. The number of hydrogen-bond acceptors (Lipinski definition) is 4. The topological polar surface area (TPSA) is 49.6 Å². The van der Waals surface area contributed by atoms with Crippen molar-refractivity contribution in [3.63, 3.8) is 0 Å². The van der Waals surface area contributed by atoms with Gasteiger partial charge in [-0.05, 0) is 44.7 Å². The fourth-order valence-electron chi connectivity index (χ4n) is 3.47. The molecule has 0 saturated carbocycles. The van der Waals surface area contributed by atoms with Crippen LogP contribution in [-0.4, -0.2) is 35.4 Å². The molecule has 0 aliphatic carbocycles. The molecule has 4 rings (SSSR count). The molecule has 0 unspecified atom stereocenters. The Morgan fingerprint density at radius 2 is 1.96 bits per heavy atom. The molecule has 1 aromatic heterocycles. The lowest BCUT2D eigenvalue weighted by atomic mass is 10.1. The summed E-state index contributed by atoms with van der Waals surface area (Å²) in [5.41, 5.74) is 2.36. The van der Waals surface area contributed by atoms with Crippen molar-refractivity contribution in [2.24, 2.45) is 0 Å². The summed E-state index contributed by atoms with van der Waals surface area (Å²) in [7, 11) is 1.94. The maximum Gasteiger partial charge on any atom is 0.244 e. The highest BCUT2D eigenvalue weighted by Gasteiger charge is 2.38. The summed E-state index contributed by atoms with van der Waals surface area (Å²) in [5.74, 6) is 0.682. The summed E-state index contributed by atoms with van der Waals surface area (Å²) in [5, 5.41) is 0.594. The van der Waals surface area contributed by atoms with Gasteiger partial charge in [0, 0.05) is 6.54 Å². The molecule has 0 spiro atoms. The quantitative estimate of drug-likeness (QED) is 0.688. The van der Waals surface area contributed by atoms with Crippen molar-refractivity contribution in [1.29, 1.82) is 0 Å². The Morgan fingerprint density at radius 1 is 1.23 bits per heavy atom. The van der Waals surface area contributed by atoms with Crippen molar-refractivity contribution >= 4 is 34.3 Å². The average Bonchev–Trinajstić information content (AvgIpc) is 3.24. The number of carbonyl (C=O) groups is 1. The van der Waals surface area contributed by atoms with E-state index in [4.69, 9.17) is 16.0 Å². The lowest BCUT2D eigenvalue weighted by Crippen LogP contribution is -2.41. The van der Waals surface area contributed by atoms with Gasteiger partial charge in [0.15, 0.2) is 5.58 Å². The number of oxazole rings is 1. The van der Waals surface area contributed by atoms with Crippen LogP contribution >= 0.6 is 11.6 Å². The fourth-order valence-corrected chi connectivity index (χ4v) is 3.70. The number of aromatic nitrogens is 1. The number of para-hydroxylation sites is 3. The van der Waals surface area contributed by atoms with Crippen LogP contribution in [0.3, 0.4) is 0 Å². The first-order valence-electron chi connectivity index (χ1n) is 8.69. The van der Waals surface area contributed by atoms with Crippen LogP contribution in [0.4, 0.5) is 5.69 Å². The van der Waals surface area contributed by atoms with Gasteiger partial charge in [0.2, 0.25) is 11.8 Å². The molecular formula is C20H20ClN3O2. The molecule has 26 heavy (non-hydrogen) atoms. The number of anilines is 1. The minimum atomic E-state index is -0.226. The zero-order chi connectivity index (χ0) is 18.3. The smallest absolute Gasteiger partial charge is 0.244 e. The molecular weight excluding hydrogens is 350 g/mol. The van der Waals surface area contributed by atoms with Crippen molar-refractivity contribution in [3.05, 3.63) is 59.4 Å². The van der Waals surface area contributed by atoms with Gasteiger partial charge in [-0.3, -0.25) is 9.69 Å². The largest absolute Gasteiger partial charge is 0.439 e. The summed E-state index contributed by atoms with van der Waals surface area (Å²) >= 11 is 6.27. The van der Waals surface area contributed by atoms with E-state index in [1.54, 1.807) is 4.90 Å². The maximum atomic E-state index is 13.0. The Bertz CT molecular complexity index is 922. The molecule has 1 fully saturated rings. The molecule has 0 bridgehead atoms. The number of benzene rings is 2. The highest BCUT2D eigenvalue weighted by atomic mass is 35.5. The first-order valence-corrected chi connectivity index (χ1v) is 9.07. The van der Waals surface area contributed by atoms with Crippen LogP contribution in [0.5, 0.6) is 0 Å². The lowest BCUT2D eigenvalue weighted by Gasteiger charge is -2.27. The SMILES string of the molecule is C[C@H](c1nc2ccccc2o1)N(C)[C@H]1CCN(c2ccccc2Cl)C1=O. The van der Waals surface area contributed by atoms with Gasteiger partial charge in [0.05, 0.1) is 22.8 Å². The predicted molar refractivity (Wildman–Crippen MR) is 102 cm³/mol. The van der Waals surface area contributed by atoms with Gasteiger partial charge in [0.25, 0.3) is 0 Å². The highest BCUT2D eigenvalue weighted by molar-refractivity contribution is 6.33. The standard InChI is InChI=1S/C20H20ClN3O2/c1-13(19-22-15-8-4-6-10-18(15)26-19)23(2)17-11-12-24(20(17)25)16-9-5-3-7-14(16)21/h3-10,13,17H,11-12H2,1-2H3/t13-,17+/m1/s1. The van der Waals surface area contributed by atoms with E-state index in [1.807, 2.05) is 67.4 Å². The van der Waals surface area contributed by atoms with Crippen LogP contribution in [0, 0.1) is 0 Å². The molecule has 3 aromatic rings. The van der Waals surface area contributed by atoms with E-state index < -0.39 is 0 Å². The predicted octanol–water partition coefficient (Wildman–Crippen LogP) is 4.28. The van der Waals surface area contributed by atoms with E-state index in [-0.39, 0.29) is 18.0 Å². The zero-order valence-corrected chi connectivity index (χ0v) is 15.5. The third-order valence-electron chi connectivity index (χ3n) is 5.09. The minimum absolute atomic E-state index is 0.0589. The number of likely N-dealkylation sites (N-methyl/N-ethyl adjacent to an activating group) is 1. The van der Waals surface area contributed by atoms with E-state index >= 15 is 0 Å². The van der Waals surface area contributed by atoms with Crippen molar-refractivity contribution in [1.82, 2.24) is 9.88 Å². The second-order valence-corrected chi connectivity index (χ2v) is 7.01. The monoisotopic (exact) mass is 369 g/mol. The molecule has 2 heterocycles. The second-order valence-electron chi connectivity index (χ2n) is 6.61. The summed E-state index contributed by atoms with van der Waals surface area (Å²) in [6.07, 6.45) is 0.741. The van der Waals surface area contributed by atoms with Crippen molar-refractivity contribution < 1.29 is 9.21 Å². The molecule has 1 saturated heterocycles. The van der Waals surface area contributed by atoms with Gasteiger partial charge >= 0.3 is 0 Å². The molecule has 6 heteroatoms. The molecule has 1 amide bonds. The number of fused-ring (bicyclic) bond motifs is 1. The van der Waals surface area contributed by atoms with Crippen LogP contribution in [0.15, 0.2) is 52.9 Å². The Morgan fingerprint density at radius 3 is 2.73 bits per heavy atom. The van der Waals surface area contributed by atoms with Gasteiger partial charge in [-0.25, -0.2) is 4.98 Å². The third-order valence-corrected chi connectivity index (χ3v) is 5.41. The van der Waals surface area contributed by atoms with Crippen LogP contribution in [0.2, 0.25) is 5.02 Å². The van der Waals surface area contributed by atoms with Gasteiger partial charge in [-0.2, -0.15) is 0 Å². The summed E-state index contributed by atoms with van der Waals surface area (Å²) in [6.45, 7) is 2.66. The minimum Gasteiger partial charge on any atom is -0.439 e. The third kappa shape index (κ3) is 2.87. The maximum absolute atomic E-state index is 13.0. The highest BCUT2D eigenvalue weighted by Crippen LogP contribution is 2.33.